The minimum absolute atomic E-state index is 0.394. The molecule has 2 heterocycles. The maximum atomic E-state index is 4.14. The first-order chi connectivity index (χ1) is 5.88. The summed E-state index contributed by atoms with van der Waals surface area (Å²) in [7, 11) is 0. The van der Waals surface area contributed by atoms with Gasteiger partial charge in [-0.25, -0.2) is 0 Å². The fourth-order valence-electron chi connectivity index (χ4n) is 1.49. The summed E-state index contributed by atoms with van der Waals surface area (Å²) in [6, 6.07) is 0.394. The van der Waals surface area contributed by atoms with Crippen molar-refractivity contribution in [3.05, 3.63) is 36.8 Å². The Kier molecular flexibility index (Phi) is 1.82. The highest BCUT2D eigenvalue weighted by molar-refractivity contribution is 5.68. The molecule has 2 rings (SSSR count). The van der Waals surface area contributed by atoms with Gasteiger partial charge in [-0.3, -0.25) is 4.99 Å². The first-order valence-corrected chi connectivity index (χ1v) is 4.20. The molecule has 0 amide bonds. The summed E-state index contributed by atoms with van der Waals surface area (Å²) in [5.74, 6) is 0.522. The largest absolute Gasteiger partial charge is 0.344 e. The molecular weight excluding hydrogens is 148 g/mol. The van der Waals surface area contributed by atoms with E-state index in [2.05, 4.69) is 41.2 Å². The molecule has 2 aliphatic rings. The van der Waals surface area contributed by atoms with Crippen LogP contribution in [-0.2, 0) is 0 Å². The topological polar surface area (TPSA) is 15.6 Å². The van der Waals surface area contributed by atoms with E-state index in [1.165, 1.54) is 0 Å². The molecule has 2 heteroatoms. The Morgan fingerprint density at radius 2 is 2.17 bits per heavy atom. The molecule has 0 aliphatic carbocycles. The first-order valence-electron chi connectivity index (χ1n) is 4.20. The Balaban J connectivity index is 2.28. The van der Waals surface area contributed by atoms with Crippen LogP contribution in [0.5, 0.6) is 0 Å². The molecule has 2 aliphatic heterocycles. The summed E-state index contributed by atoms with van der Waals surface area (Å²) in [4.78, 5) is 6.32. The van der Waals surface area contributed by atoms with Crippen LogP contribution >= 0.6 is 0 Å². The molecule has 0 saturated carbocycles. The molecule has 0 aromatic carbocycles. The van der Waals surface area contributed by atoms with Crippen molar-refractivity contribution in [1.82, 2.24) is 4.90 Å². The van der Waals surface area contributed by atoms with Crippen LogP contribution in [0.15, 0.2) is 41.8 Å². The third-order valence-corrected chi connectivity index (χ3v) is 2.23. The average Bonchev–Trinajstić information content (AvgIpc) is 2.29. The predicted molar refractivity (Wildman–Crippen MR) is 50.7 cm³/mol. The molecule has 0 aromatic heterocycles. The van der Waals surface area contributed by atoms with Crippen molar-refractivity contribution in [2.75, 3.05) is 0 Å². The first kappa shape index (κ1) is 7.35. The van der Waals surface area contributed by atoms with Gasteiger partial charge in [0, 0.05) is 30.7 Å². The van der Waals surface area contributed by atoms with Crippen LogP contribution in [0.25, 0.3) is 0 Å². The molecular formula is C10H12N2. The number of rotatable bonds is 0. The van der Waals surface area contributed by atoms with Gasteiger partial charge in [0.05, 0.1) is 6.04 Å². The summed E-state index contributed by atoms with van der Waals surface area (Å²) in [5.41, 5.74) is 0. The summed E-state index contributed by atoms with van der Waals surface area (Å²) in [6.07, 6.45) is 14.2. The van der Waals surface area contributed by atoms with E-state index in [1.807, 2.05) is 18.6 Å². The van der Waals surface area contributed by atoms with E-state index < -0.39 is 0 Å². The Labute approximate surface area is 72.6 Å². The fourth-order valence-corrected chi connectivity index (χ4v) is 1.49. The second-order valence-corrected chi connectivity index (χ2v) is 3.12. The number of hydrogen-bond acceptors (Lipinski definition) is 2. The lowest BCUT2D eigenvalue weighted by Crippen LogP contribution is -2.33. The molecule has 0 bridgehead atoms. The summed E-state index contributed by atoms with van der Waals surface area (Å²) in [5, 5.41) is 0. The smallest absolute Gasteiger partial charge is 0.0742 e. The van der Waals surface area contributed by atoms with Gasteiger partial charge in [-0.05, 0) is 6.08 Å². The summed E-state index contributed by atoms with van der Waals surface area (Å²) in [6.45, 7) is 2.20. The lowest BCUT2D eigenvalue weighted by molar-refractivity contribution is 0.388. The molecule has 0 radical (unpaired) electrons. The van der Waals surface area contributed by atoms with E-state index >= 15 is 0 Å². The highest BCUT2D eigenvalue weighted by Gasteiger charge is 2.19. The second-order valence-electron chi connectivity index (χ2n) is 3.12. The molecule has 0 fully saturated rings. The maximum Gasteiger partial charge on any atom is 0.0742 e. The number of hydrogen-bond donors (Lipinski definition) is 0. The molecule has 2 nitrogen and oxygen atoms in total. The zero-order valence-corrected chi connectivity index (χ0v) is 7.09. The van der Waals surface area contributed by atoms with Crippen LogP contribution in [0, 0.1) is 5.92 Å². The third-order valence-electron chi connectivity index (χ3n) is 2.23. The Hall–Kier alpha value is -1.31. The number of aliphatic imine (C=N–C) groups is 1. The Morgan fingerprint density at radius 3 is 3.08 bits per heavy atom. The van der Waals surface area contributed by atoms with Gasteiger partial charge in [0.15, 0.2) is 0 Å². The van der Waals surface area contributed by atoms with E-state index in [0.29, 0.717) is 12.0 Å². The van der Waals surface area contributed by atoms with Crippen LogP contribution in [0.4, 0.5) is 0 Å². The zero-order valence-electron chi connectivity index (χ0n) is 7.09. The van der Waals surface area contributed by atoms with Gasteiger partial charge < -0.3 is 4.90 Å². The molecule has 0 aromatic rings. The van der Waals surface area contributed by atoms with Crippen molar-refractivity contribution in [2.45, 2.75) is 13.0 Å². The van der Waals surface area contributed by atoms with E-state index in [4.69, 9.17) is 0 Å². The standard InChI is InChI=1S/C10H12N2/c1-9-4-2-3-6-12-7-5-11-8-10(9)12/h2-10H,1H3. The SMILES string of the molecule is CC1C=CC=CN2C=CN=CC12. The van der Waals surface area contributed by atoms with Crippen LogP contribution < -0.4 is 0 Å². The minimum atomic E-state index is 0.394. The molecule has 2 unspecified atom stereocenters. The fraction of sp³-hybridized carbons (Fsp3) is 0.300. The van der Waals surface area contributed by atoms with Crippen molar-refractivity contribution in [1.29, 1.82) is 0 Å². The van der Waals surface area contributed by atoms with Gasteiger partial charge in [0.1, 0.15) is 0 Å². The van der Waals surface area contributed by atoms with Crippen molar-refractivity contribution >= 4 is 6.21 Å². The van der Waals surface area contributed by atoms with Gasteiger partial charge in [-0.1, -0.05) is 19.1 Å². The minimum Gasteiger partial charge on any atom is -0.344 e. The third kappa shape index (κ3) is 1.20. The van der Waals surface area contributed by atoms with Crippen LogP contribution in [0.3, 0.4) is 0 Å². The van der Waals surface area contributed by atoms with Crippen molar-refractivity contribution in [3.8, 4) is 0 Å². The normalized spacial score (nSPS) is 31.9. The average molecular weight is 160 g/mol. The maximum absolute atomic E-state index is 4.14. The summed E-state index contributed by atoms with van der Waals surface area (Å²) >= 11 is 0. The number of nitrogens with zero attached hydrogens (tertiary/aromatic N) is 2. The van der Waals surface area contributed by atoms with E-state index in [-0.39, 0.29) is 0 Å². The lowest BCUT2D eigenvalue weighted by Gasteiger charge is -2.28. The van der Waals surface area contributed by atoms with Gasteiger partial charge >= 0.3 is 0 Å². The Bertz CT molecular complexity index is 274. The van der Waals surface area contributed by atoms with Crippen LogP contribution in [0.1, 0.15) is 6.92 Å². The van der Waals surface area contributed by atoms with E-state index in [1.54, 1.807) is 0 Å². The second kappa shape index (κ2) is 2.97. The van der Waals surface area contributed by atoms with E-state index in [9.17, 15) is 0 Å². The van der Waals surface area contributed by atoms with Crippen molar-refractivity contribution in [2.24, 2.45) is 10.9 Å². The molecule has 0 spiro atoms. The van der Waals surface area contributed by atoms with E-state index in [0.717, 1.165) is 0 Å². The summed E-state index contributed by atoms with van der Waals surface area (Å²) < 4.78 is 0. The monoisotopic (exact) mass is 160 g/mol. The number of allylic oxidation sites excluding steroid dienone is 2. The molecule has 2 atom stereocenters. The van der Waals surface area contributed by atoms with Crippen LogP contribution in [0.2, 0.25) is 0 Å². The van der Waals surface area contributed by atoms with Gasteiger partial charge in [0.2, 0.25) is 0 Å². The van der Waals surface area contributed by atoms with Crippen molar-refractivity contribution in [3.63, 3.8) is 0 Å². The van der Waals surface area contributed by atoms with Gasteiger partial charge in [-0.2, -0.15) is 0 Å². The van der Waals surface area contributed by atoms with Gasteiger partial charge in [-0.15, -0.1) is 0 Å². The highest BCUT2D eigenvalue weighted by Crippen LogP contribution is 2.17. The molecule has 12 heavy (non-hydrogen) atoms. The molecule has 0 saturated heterocycles. The van der Waals surface area contributed by atoms with Gasteiger partial charge in [0.25, 0.3) is 0 Å². The Morgan fingerprint density at radius 1 is 1.25 bits per heavy atom. The predicted octanol–water partition coefficient (Wildman–Crippen LogP) is 1.93. The zero-order chi connectivity index (χ0) is 8.39. The van der Waals surface area contributed by atoms with Crippen LogP contribution in [-0.4, -0.2) is 17.2 Å². The lowest BCUT2D eigenvalue weighted by atomic mass is 10.0. The quantitative estimate of drug-likeness (QED) is 0.528. The highest BCUT2D eigenvalue weighted by atomic mass is 15.1. The number of fused-ring (bicyclic) bond motifs is 1. The van der Waals surface area contributed by atoms with Crippen molar-refractivity contribution < 1.29 is 0 Å². The molecule has 0 N–H and O–H groups in total. The molecule has 62 valence electrons.